The van der Waals surface area contributed by atoms with E-state index in [4.69, 9.17) is 4.74 Å². The molecule has 1 atom stereocenters. The Labute approximate surface area is 128 Å². The maximum absolute atomic E-state index is 12.3. The third-order valence-corrected chi connectivity index (χ3v) is 4.48. The highest BCUT2D eigenvalue weighted by Gasteiger charge is 2.35. The van der Waals surface area contributed by atoms with E-state index in [1.54, 1.807) is 7.05 Å². The molecule has 0 aromatic carbocycles. The number of anilines is 1. The Morgan fingerprint density at radius 1 is 1.27 bits per heavy atom. The topological polar surface area (TPSA) is 80.3 Å². The molecular formula is C15H20N4O3. The highest BCUT2D eigenvalue weighted by Crippen LogP contribution is 2.33. The number of hydrogen-bond donors (Lipinski definition) is 0. The van der Waals surface area contributed by atoms with Gasteiger partial charge < -0.3 is 9.64 Å². The zero-order chi connectivity index (χ0) is 15.9. The van der Waals surface area contributed by atoms with Gasteiger partial charge in [-0.2, -0.15) is 5.26 Å². The van der Waals surface area contributed by atoms with Crippen LogP contribution in [0.4, 0.5) is 5.82 Å². The molecule has 1 aromatic rings. The predicted octanol–water partition coefficient (Wildman–Crippen LogP) is -0.0390. The van der Waals surface area contributed by atoms with Gasteiger partial charge in [0.05, 0.1) is 6.61 Å². The second kappa shape index (κ2) is 5.61. The quantitative estimate of drug-likeness (QED) is 0.780. The molecule has 0 amide bonds. The van der Waals surface area contributed by atoms with Crippen LogP contribution in [0.15, 0.2) is 9.59 Å². The standard InChI is InChI=1S/C15H20N4O3/c1-17-13(12(7-16)14(20)18(2)15(17)21)19(11-3-4-11)8-10-5-6-22-9-10/h10-11H,3-6,8-9H2,1-2H3/t10-/m1/s1. The van der Waals surface area contributed by atoms with Crippen LogP contribution >= 0.6 is 0 Å². The lowest BCUT2D eigenvalue weighted by molar-refractivity contribution is 0.186. The van der Waals surface area contributed by atoms with Crippen LogP contribution in [0.3, 0.4) is 0 Å². The summed E-state index contributed by atoms with van der Waals surface area (Å²) in [5.41, 5.74) is -0.864. The van der Waals surface area contributed by atoms with Crippen molar-refractivity contribution in [2.75, 3.05) is 24.7 Å². The summed E-state index contributed by atoms with van der Waals surface area (Å²) in [5, 5.41) is 9.42. The van der Waals surface area contributed by atoms with Crippen LogP contribution < -0.4 is 16.1 Å². The number of nitrogens with zero attached hydrogens (tertiary/aromatic N) is 4. The highest BCUT2D eigenvalue weighted by molar-refractivity contribution is 5.55. The molecule has 0 bridgehead atoms. The van der Waals surface area contributed by atoms with E-state index < -0.39 is 11.2 Å². The monoisotopic (exact) mass is 304 g/mol. The van der Waals surface area contributed by atoms with Crippen molar-refractivity contribution in [1.29, 1.82) is 5.26 Å². The molecule has 1 saturated heterocycles. The summed E-state index contributed by atoms with van der Waals surface area (Å²) in [6, 6.07) is 2.31. The van der Waals surface area contributed by atoms with Gasteiger partial charge in [0, 0.05) is 39.2 Å². The zero-order valence-corrected chi connectivity index (χ0v) is 12.9. The highest BCUT2D eigenvalue weighted by atomic mass is 16.5. The number of hydrogen-bond acceptors (Lipinski definition) is 5. The molecule has 7 nitrogen and oxygen atoms in total. The largest absolute Gasteiger partial charge is 0.381 e. The fraction of sp³-hybridized carbons (Fsp3) is 0.667. The summed E-state index contributed by atoms with van der Waals surface area (Å²) in [6.45, 7) is 2.17. The third kappa shape index (κ3) is 2.44. The molecule has 0 radical (unpaired) electrons. The molecule has 7 heteroatoms. The second-order valence-electron chi connectivity index (χ2n) is 6.13. The fourth-order valence-electron chi connectivity index (χ4n) is 3.07. The molecule has 3 rings (SSSR count). The van der Waals surface area contributed by atoms with E-state index in [0.717, 1.165) is 37.0 Å². The van der Waals surface area contributed by atoms with Crippen molar-refractivity contribution in [3.05, 3.63) is 26.4 Å². The Morgan fingerprint density at radius 2 is 2.00 bits per heavy atom. The molecule has 22 heavy (non-hydrogen) atoms. The van der Waals surface area contributed by atoms with E-state index in [2.05, 4.69) is 4.90 Å². The van der Waals surface area contributed by atoms with Gasteiger partial charge in [-0.25, -0.2) is 4.79 Å². The predicted molar refractivity (Wildman–Crippen MR) is 80.9 cm³/mol. The molecule has 118 valence electrons. The maximum Gasteiger partial charge on any atom is 0.332 e. The molecule has 0 spiro atoms. The fourth-order valence-corrected chi connectivity index (χ4v) is 3.07. The van der Waals surface area contributed by atoms with Crippen molar-refractivity contribution in [2.24, 2.45) is 20.0 Å². The van der Waals surface area contributed by atoms with E-state index in [0.29, 0.717) is 24.4 Å². The van der Waals surface area contributed by atoms with Crippen molar-refractivity contribution < 1.29 is 4.74 Å². The third-order valence-electron chi connectivity index (χ3n) is 4.48. The number of nitriles is 1. The van der Waals surface area contributed by atoms with E-state index in [9.17, 15) is 14.9 Å². The molecule has 2 aliphatic rings. The molecular weight excluding hydrogens is 284 g/mol. The first-order chi connectivity index (χ1) is 10.5. The summed E-state index contributed by atoms with van der Waals surface area (Å²) in [7, 11) is 3.03. The van der Waals surface area contributed by atoms with Crippen LogP contribution in [0.5, 0.6) is 0 Å². The van der Waals surface area contributed by atoms with Crippen molar-refractivity contribution in [3.8, 4) is 6.07 Å². The van der Waals surface area contributed by atoms with Gasteiger partial charge in [-0.3, -0.25) is 13.9 Å². The molecule has 1 aromatic heterocycles. The van der Waals surface area contributed by atoms with Crippen LogP contribution in [0, 0.1) is 17.2 Å². The normalized spacial score (nSPS) is 20.9. The minimum atomic E-state index is -0.520. The summed E-state index contributed by atoms with van der Waals surface area (Å²) < 4.78 is 7.84. The average Bonchev–Trinajstić information content (AvgIpc) is 3.23. The van der Waals surface area contributed by atoms with Gasteiger partial charge in [0.1, 0.15) is 11.9 Å². The maximum atomic E-state index is 12.3. The van der Waals surface area contributed by atoms with Crippen LogP contribution in [0.25, 0.3) is 0 Å². The summed E-state index contributed by atoms with van der Waals surface area (Å²) in [5.74, 6) is 0.844. The molecule has 2 heterocycles. The smallest absolute Gasteiger partial charge is 0.332 e. The second-order valence-corrected chi connectivity index (χ2v) is 6.13. The van der Waals surface area contributed by atoms with Gasteiger partial charge in [-0.1, -0.05) is 0 Å². The summed E-state index contributed by atoms with van der Waals surface area (Å²) in [6.07, 6.45) is 3.04. The Bertz CT molecular complexity index is 733. The minimum Gasteiger partial charge on any atom is -0.381 e. The van der Waals surface area contributed by atoms with E-state index >= 15 is 0 Å². The average molecular weight is 304 g/mol. The van der Waals surface area contributed by atoms with Gasteiger partial charge in [0.25, 0.3) is 5.56 Å². The zero-order valence-electron chi connectivity index (χ0n) is 12.9. The van der Waals surface area contributed by atoms with Gasteiger partial charge in [-0.05, 0) is 19.3 Å². The lowest BCUT2D eigenvalue weighted by Crippen LogP contribution is -2.44. The molecule has 0 N–H and O–H groups in total. The first-order valence-corrected chi connectivity index (χ1v) is 7.59. The van der Waals surface area contributed by atoms with Gasteiger partial charge in [0.15, 0.2) is 5.56 Å². The first-order valence-electron chi connectivity index (χ1n) is 7.59. The molecule has 1 saturated carbocycles. The van der Waals surface area contributed by atoms with Crippen molar-refractivity contribution in [2.45, 2.75) is 25.3 Å². The Hall–Kier alpha value is -2.07. The summed E-state index contributed by atoms with van der Waals surface area (Å²) >= 11 is 0. The van der Waals surface area contributed by atoms with Crippen LogP contribution in [-0.4, -0.2) is 34.9 Å². The Kier molecular flexibility index (Phi) is 3.79. The summed E-state index contributed by atoms with van der Waals surface area (Å²) in [4.78, 5) is 26.6. The van der Waals surface area contributed by atoms with Crippen molar-refractivity contribution >= 4 is 5.82 Å². The van der Waals surface area contributed by atoms with Gasteiger partial charge in [-0.15, -0.1) is 0 Å². The number of ether oxygens (including phenoxy) is 1. The molecule has 1 aliphatic carbocycles. The number of rotatable bonds is 4. The Morgan fingerprint density at radius 3 is 2.55 bits per heavy atom. The lowest BCUT2D eigenvalue weighted by atomic mass is 10.1. The SMILES string of the molecule is Cn1c(N(C[C@H]2CCOC2)C2CC2)c(C#N)c(=O)n(C)c1=O. The van der Waals surface area contributed by atoms with Crippen molar-refractivity contribution in [1.82, 2.24) is 9.13 Å². The molecule has 2 fully saturated rings. The van der Waals surface area contributed by atoms with Crippen LogP contribution in [-0.2, 0) is 18.8 Å². The van der Waals surface area contributed by atoms with Gasteiger partial charge >= 0.3 is 5.69 Å². The first kappa shape index (κ1) is 14.9. The van der Waals surface area contributed by atoms with Gasteiger partial charge in [0.2, 0.25) is 0 Å². The minimum absolute atomic E-state index is 0.0513. The molecule has 1 aliphatic heterocycles. The lowest BCUT2D eigenvalue weighted by Gasteiger charge is -2.29. The Balaban J connectivity index is 2.09. The van der Waals surface area contributed by atoms with E-state index in [1.165, 1.54) is 11.6 Å². The number of aromatic nitrogens is 2. The van der Waals surface area contributed by atoms with Crippen LogP contribution in [0.2, 0.25) is 0 Å². The molecule has 0 unspecified atom stereocenters. The van der Waals surface area contributed by atoms with E-state index in [1.807, 2.05) is 6.07 Å². The van der Waals surface area contributed by atoms with Crippen molar-refractivity contribution in [3.63, 3.8) is 0 Å². The van der Waals surface area contributed by atoms with E-state index in [-0.39, 0.29) is 5.56 Å². The van der Waals surface area contributed by atoms with Crippen LogP contribution in [0.1, 0.15) is 24.8 Å².